The van der Waals surface area contributed by atoms with Crippen LogP contribution >= 0.6 is 0 Å². The fourth-order valence-electron chi connectivity index (χ4n) is 1.75. The molecular weight excluding hydrogens is 258 g/mol. The minimum absolute atomic E-state index is 0.832. The van der Waals surface area contributed by atoms with E-state index in [0.29, 0.717) is 0 Å². The zero-order valence-corrected chi connectivity index (χ0v) is 9.27. The zero-order valence-electron chi connectivity index (χ0n) is 9.27. The molecular formula is C12H6F6. The first-order valence-electron chi connectivity index (χ1n) is 4.88. The van der Waals surface area contributed by atoms with Crippen molar-refractivity contribution in [3.8, 4) is 0 Å². The van der Waals surface area contributed by atoms with Crippen LogP contribution < -0.4 is 0 Å². The van der Waals surface area contributed by atoms with Crippen molar-refractivity contribution in [1.29, 1.82) is 0 Å². The summed E-state index contributed by atoms with van der Waals surface area (Å²) in [7, 11) is 0. The average molecular weight is 264 g/mol. The van der Waals surface area contributed by atoms with Crippen LogP contribution in [0.2, 0.25) is 0 Å². The molecule has 0 N–H and O–H groups in total. The maximum atomic E-state index is 13.6. The first-order valence-corrected chi connectivity index (χ1v) is 4.88. The van der Waals surface area contributed by atoms with Gasteiger partial charge in [-0.15, -0.1) is 0 Å². The van der Waals surface area contributed by atoms with Gasteiger partial charge < -0.3 is 0 Å². The van der Waals surface area contributed by atoms with Gasteiger partial charge in [0.15, 0.2) is 23.3 Å². The molecule has 0 nitrogen and oxygen atoms in total. The van der Waals surface area contributed by atoms with Crippen LogP contribution in [0.5, 0.6) is 0 Å². The number of hydrogen-bond donors (Lipinski definition) is 0. The maximum absolute atomic E-state index is 13.6. The van der Waals surface area contributed by atoms with Crippen molar-refractivity contribution in [1.82, 2.24) is 0 Å². The van der Waals surface area contributed by atoms with Crippen LogP contribution in [0.1, 0.15) is 11.1 Å². The summed E-state index contributed by atoms with van der Waals surface area (Å²) in [6.45, 7) is 1.70. The zero-order chi connectivity index (χ0) is 13.8. The van der Waals surface area contributed by atoms with Crippen LogP contribution in [0, 0.1) is 48.8 Å². The third-order valence-corrected chi connectivity index (χ3v) is 2.83. The molecule has 0 saturated carbocycles. The highest BCUT2D eigenvalue weighted by Gasteiger charge is 2.27. The molecule has 0 heterocycles. The Kier molecular flexibility index (Phi) is 2.76. The van der Waals surface area contributed by atoms with Gasteiger partial charge in [-0.05, 0) is 13.8 Å². The van der Waals surface area contributed by atoms with E-state index in [1.807, 2.05) is 0 Å². The lowest BCUT2D eigenvalue weighted by atomic mass is 10.0. The van der Waals surface area contributed by atoms with Crippen molar-refractivity contribution in [2.75, 3.05) is 0 Å². The molecule has 0 fully saturated rings. The number of fused-ring (bicyclic) bond motifs is 1. The Bertz CT molecular complexity index is 562. The highest BCUT2D eigenvalue weighted by atomic mass is 19.2. The van der Waals surface area contributed by atoms with E-state index >= 15 is 0 Å². The van der Waals surface area contributed by atoms with Crippen LogP contribution in [-0.2, 0) is 0 Å². The van der Waals surface area contributed by atoms with E-state index in [2.05, 4.69) is 0 Å². The third-order valence-electron chi connectivity index (χ3n) is 2.83. The maximum Gasteiger partial charge on any atom is 0.170 e. The molecule has 0 aromatic heterocycles. The number of benzene rings is 2. The van der Waals surface area contributed by atoms with Crippen molar-refractivity contribution >= 4 is 10.8 Å². The van der Waals surface area contributed by atoms with Crippen LogP contribution in [-0.4, -0.2) is 0 Å². The normalized spacial score (nSPS) is 11.3. The van der Waals surface area contributed by atoms with Gasteiger partial charge >= 0.3 is 0 Å². The number of hydrogen-bond acceptors (Lipinski definition) is 0. The first kappa shape index (κ1) is 12.7. The fraction of sp³-hybridized carbons (Fsp3) is 0.167. The van der Waals surface area contributed by atoms with E-state index in [0.717, 1.165) is 13.8 Å². The van der Waals surface area contributed by atoms with Gasteiger partial charge in [-0.1, -0.05) is 0 Å². The first-order chi connectivity index (χ1) is 8.29. The summed E-state index contributed by atoms with van der Waals surface area (Å²) in [5, 5.41) is -2.43. The quantitative estimate of drug-likeness (QED) is 0.492. The molecule has 0 aliphatic rings. The second-order valence-corrected chi connectivity index (χ2v) is 3.88. The summed E-state index contributed by atoms with van der Waals surface area (Å²) in [5.41, 5.74) is -1.66. The molecule has 0 unspecified atom stereocenters. The Balaban J connectivity index is 3.22. The van der Waals surface area contributed by atoms with Gasteiger partial charge in [0.25, 0.3) is 0 Å². The van der Waals surface area contributed by atoms with Crippen molar-refractivity contribution in [3.05, 3.63) is 46.0 Å². The molecule has 0 amide bonds. The minimum Gasteiger partial charge on any atom is -0.206 e. The van der Waals surface area contributed by atoms with Crippen LogP contribution in [0.25, 0.3) is 10.8 Å². The molecule has 0 spiro atoms. The van der Waals surface area contributed by atoms with Gasteiger partial charge in [0, 0.05) is 11.1 Å². The van der Waals surface area contributed by atoms with Crippen LogP contribution in [0.15, 0.2) is 0 Å². The van der Waals surface area contributed by atoms with Crippen molar-refractivity contribution in [2.24, 2.45) is 0 Å². The van der Waals surface area contributed by atoms with E-state index < -0.39 is 56.8 Å². The van der Waals surface area contributed by atoms with Crippen molar-refractivity contribution in [2.45, 2.75) is 13.8 Å². The second-order valence-electron chi connectivity index (χ2n) is 3.88. The highest BCUT2D eigenvalue weighted by Crippen LogP contribution is 2.34. The minimum atomic E-state index is -1.73. The predicted octanol–water partition coefficient (Wildman–Crippen LogP) is 4.29. The third kappa shape index (κ3) is 1.41. The Morgan fingerprint density at radius 1 is 0.444 bits per heavy atom. The van der Waals surface area contributed by atoms with Gasteiger partial charge in [-0.25, -0.2) is 26.3 Å². The van der Waals surface area contributed by atoms with E-state index in [1.165, 1.54) is 0 Å². The van der Waals surface area contributed by atoms with Gasteiger partial charge in [-0.3, -0.25) is 0 Å². The molecule has 0 atom stereocenters. The molecule has 2 aromatic carbocycles. The van der Waals surface area contributed by atoms with Crippen molar-refractivity contribution in [3.63, 3.8) is 0 Å². The lowest BCUT2D eigenvalue weighted by molar-refractivity contribution is 0.472. The largest absolute Gasteiger partial charge is 0.206 e. The fourth-order valence-corrected chi connectivity index (χ4v) is 1.75. The summed E-state index contributed by atoms with van der Waals surface area (Å²) in [5.74, 6) is -9.74. The molecule has 0 radical (unpaired) electrons. The summed E-state index contributed by atoms with van der Waals surface area (Å²) in [4.78, 5) is 0. The SMILES string of the molecule is Cc1c(F)c(F)c2c(F)c(C)c(F)c(F)c2c1F. The Labute approximate surface area is 97.8 Å². The van der Waals surface area contributed by atoms with E-state index in [1.54, 1.807) is 0 Å². The summed E-state index contributed by atoms with van der Waals surface area (Å²) < 4.78 is 80.8. The molecule has 0 bridgehead atoms. The molecule has 2 rings (SSSR count). The van der Waals surface area contributed by atoms with Crippen LogP contribution in [0.3, 0.4) is 0 Å². The van der Waals surface area contributed by atoms with E-state index in [9.17, 15) is 26.3 Å². The molecule has 0 saturated heterocycles. The Hall–Kier alpha value is -1.72. The van der Waals surface area contributed by atoms with Crippen LogP contribution in [0.4, 0.5) is 26.3 Å². The van der Waals surface area contributed by atoms with Gasteiger partial charge in [0.05, 0.1) is 10.8 Å². The molecule has 96 valence electrons. The Morgan fingerprint density at radius 2 is 0.722 bits per heavy atom. The topological polar surface area (TPSA) is 0 Å². The Morgan fingerprint density at radius 3 is 1.00 bits per heavy atom. The van der Waals surface area contributed by atoms with Gasteiger partial charge in [0.2, 0.25) is 0 Å². The molecule has 2 aromatic rings. The smallest absolute Gasteiger partial charge is 0.170 e. The molecule has 0 aliphatic carbocycles. The second kappa shape index (κ2) is 3.90. The van der Waals surface area contributed by atoms with Gasteiger partial charge in [0.1, 0.15) is 11.6 Å². The van der Waals surface area contributed by atoms with Crippen molar-refractivity contribution < 1.29 is 26.3 Å². The van der Waals surface area contributed by atoms with E-state index in [4.69, 9.17) is 0 Å². The summed E-state index contributed by atoms with van der Waals surface area (Å²) in [6.07, 6.45) is 0. The van der Waals surface area contributed by atoms with Gasteiger partial charge in [-0.2, -0.15) is 0 Å². The molecule has 0 aliphatic heterocycles. The monoisotopic (exact) mass is 264 g/mol. The molecule has 6 heteroatoms. The predicted molar refractivity (Wildman–Crippen MR) is 53.2 cm³/mol. The summed E-state index contributed by atoms with van der Waals surface area (Å²) in [6, 6.07) is 0. The highest BCUT2D eigenvalue weighted by molar-refractivity contribution is 5.87. The standard InChI is InChI=1S/C12H6F6/c1-3-7(13)5-6(11(17)9(3)15)8(14)4(2)10(16)12(5)18/h1-2H3. The number of halogens is 6. The molecule has 18 heavy (non-hydrogen) atoms. The van der Waals surface area contributed by atoms with E-state index in [-0.39, 0.29) is 0 Å². The lowest BCUT2D eigenvalue weighted by Crippen LogP contribution is -2.05. The lowest BCUT2D eigenvalue weighted by Gasteiger charge is -2.11. The average Bonchev–Trinajstić information content (AvgIpc) is 2.35. The number of rotatable bonds is 0. The summed E-state index contributed by atoms with van der Waals surface area (Å²) >= 11 is 0.